The van der Waals surface area contributed by atoms with Gasteiger partial charge in [0, 0.05) is 66.1 Å². The van der Waals surface area contributed by atoms with Crippen LogP contribution in [0.5, 0.6) is 6.01 Å². The third-order valence-corrected chi connectivity index (χ3v) is 12.4. The number of nitrogens with one attached hydrogen (secondary N) is 1. The molecule has 2 aromatic carbocycles. The smallest absolute Gasteiger partial charge is 0.412 e. The predicted molar refractivity (Wildman–Crippen MR) is 218 cm³/mol. The number of nitrogens with zero attached hydrogens (tertiary/aromatic N) is 6. The van der Waals surface area contributed by atoms with Crippen LogP contribution in [0.2, 0.25) is 0 Å². The maximum Gasteiger partial charge on any atom is 0.412 e. The number of piperazine rings is 1. The fraction of sp³-hybridized carbons (Fsp3) is 0.548. The van der Waals surface area contributed by atoms with E-state index >= 15 is 8.78 Å². The zero-order valence-corrected chi connectivity index (χ0v) is 35.3. The summed E-state index contributed by atoms with van der Waals surface area (Å²) in [5, 5.41) is 13.8. The van der Waals surface area contributed by atoms with E-state index in [1.54, 1.807) is 32.8 Å². The van der Waals surface area contributed by atoms with Crippen molar-refractivity contribution in [3.8, 4) is 23.2 Å². The first kappa shape index (κ1) is 40.9. The molecule has 4 aromatic rings. The molecule has 0 spiro atoms. The Balaban J connectivity index is 1.28. The van der Waals surface area contributed by atoms with E-state index in [-0.39, 0.29) is 82.7 Å². The van der Waals surface area contributed by atoms with Crippen molar-refractivity contribution in [1.29, 1.82) is 5.26 Å². The fourth-order valence-corrected chi connectivity index (χ4v) is 9.84. The van der Waals surface area contributed by atoms with Crippen LogP contribution in [0.3, 0.4) is 0 Å². The molecular formula is C42H49F2N7O7S. The number of thiophene rings is 1. The molecule has 14 nitrogen and oxygen atoms in total. The van der Waals surface area contributed by atoms with Gasteiger partial charge in [-0.25, -0.2) is 18.4 Å². The molecule has 0 radical (unpaired) electrons. The van der Waals surface area contributed by atoms with Crippen molar-refractivity contribution in [2.45, 2.75) is 109 Å². The number of carbonyl (C=O) groups is 2. The highest BCUT2D eigenvalue weighted by atomic mass is 32.1. The summed E-state index contributed by atoms with van der Waals surface area (Å²) in [6.07, 6.45) is 1.11. The van der Waals surface area contributed by atoms with Crippen molar-refractivity contribution in [3.05, 3.63) is 40.5 Å². The van der Waals surface area contributed by atoms with E-state index in [4.69, 9.17) is 33.7 Å². The first-order valence-corrected chi connectivity index (χ1v) is 20.7. The normalized spacial score (nSPS) is 21.9. The lowest BCUT2D eigenvalue weighted by Gasteiger charge is -2.42. The maximum absolute atomic E-state index is 17.9. The number of benzene rings is 2. The van der Waals surface area contributed by atoms with Gasteiger partial charge in [0.05, 0.1) is 30.3 Å². The zero-order chi connectivity index (χ0) is 42.1. The van der Waals surface area contributed by atoms with Crippen LogP contribution in [0, 0.1) is 23.0 Å². The fourth-order valence-electron chi connectivity index (χ4n) is 8.79. The Morgan fingerprint density at radius 2 is 1.68 bits per heavy atom. The lowest BCUT2D eigenvalue weighted by atomic mass is 9.90. The molecule has 8 rings (SSSR count). The van der Waals surface area contributed by atoms with E-state index in [1.165, 1.54) is 12.1 Å². The number of hydrogen-bond acceptors (Lipinski definition) is 13. The van der Waals surface area contributed by atoms with Crippen molar-refractivity contribution in [2.75, 3.05) is 50.6 Å². The Bertz CT molecular complexity index is 2380. The van der Waals surface area contributed by atoms with Gasteiger partial charge < -0.3 is 33.5 Å². The van der Waals surface area contributed by atoms with Gasteiger partial charge in [-0.3, -0.25) is 10.2 Å². The monoisotopic (exact) mass is 833 g/mol. The molecule has 0 aliphatic carbocycles. The minimum atomic E-state index is -0.821. The molecule has 4 aliphatic heterocycles. The first-order chi connectivity index (χ1) is 27.9. The Morgan fingerprint density at radius 3 is 2.32 bits per heavy atom. The topological polar surface area (TPSA) is 152 Å². The lowest BCUT2D eigenvalue weighted by molar-refractivity contribution is 0.0209. The van der Waals surface area contributed by atoms with Crippen LogP contribution in [0.4, 0.5) is 29.2 Å². The van der Waals surface area contributed by atoms with Gasteiger partial charge in [-0.05, 0) is 91.1 Å². The maximum atomic E-state index is 17.9. The highest BCUT2D eigenvalue weighted by molar-refractivity contribution is 7.23. The number of methoxy groups -OCH3 is 1. The van der Waals surface area contributed by atoms with Crippen LogP contribution < -0.4 is 15.0 Å². The summed E-state index contributed by atoms with van der Waals surface area (Å²) < 4.78 is 63.9. The molecule has 6 heterocycles. The van der Waals surface area contributed by atoms with Crippen molar-refractivity contribution >= 4 is 55.3 Å². The van der Waals surface area contributed by atoms with Crippen molar-refractivity contribution in [2.24, 2.45) is 0 Å². The number of nitriles is 1. The van der Waals surface area contributed by atoms with Gasteiger partial charge in [0.2, 0.25) is 0 Å². The molecular weight excluding hydrogens is 785 g/mol. The number of fused-ring (bicyclic) bond motifs is 6. The number of aromatic nitrogens is 2. The second-order valence-corrected chi connectivity index (χ2v) is 18.8. The number of anilines is 2. The molecule has 4 aliphatic rings. The predicted octanol–water partition coefficient (Wildman–Crippen LogP) is 7.72. The van der Waals surface area contributed by atoms with Crippen LogP contribution in [-0.2, 0) is 32.2 Å². The van der Waals surface area contributed by atoms with Crippen LogP contribution in [0.15, 0.2) is 12.1 Å². The number of likely N-dealkylation sites (N-methyl/N-ethyl adjacent to an activating group) is 1. The minimum Gasteiger partial charge on any atom is -0.462 e. The van der Waals surface area contributed by atoms with Gasteiger partial charge in [0.25, 0.3) is 0 Å². The summed E-state index contributed by atoms with van der Waals surface area (Å²) in [6.45, 7) is 12.4. The van der Waals surface area contributed by atoms with E-state index < -0.39 is 35.0 Å². The average Bonchev–Trinajstić information content (AvgIpc) is 3.92. The summed E-state index contributed by atoms with van der Waals surface area (Å²) >= 11 is 1.06. The Kier molecular flexibility index (Phi) is 10.6. The number of rotatable bonds is 7. The van der Waals surface area contributed by atoms with Gasteiger partial charge in [-0.2, -0.15) is 15.2 Å². The number of likely N-dealkylation sites (tertiary alicyclic amines) is 2. The summed E-state index contributed by atoms with van der Waals surface area (Å²) in [7, 11) is 3.66. The molecule has 2 amide bonds. The lowest BCUT2D eigenvalue weighted by Crippen LogP contribution is -2.56. The number of halogens is 2. The van der Waals surface area contributed by atoms with Crippen LogP contribution in [0.25, 0.3) is 32.1 Å². The van der Waals surface area contributed by atoms with Crippen molar-refractivity contribution in [1.82, 2.24) is 19.8 Å². The zero-order valence-electron chi connectivity index (χ0n) is 34.5. The molecule has 3 saturated heterocycles. The summed E-state index contributed by atoms with van der Waals surface area (Å²) in [6, 6.07) is 4.47. The Labute approximate surface area is 345 Å². The van der Waals surface area contributed by atoms with E-state index in [2.05, 4.69) is 21.2 Å². The highest BCUT2D eigenvalue weighted by Crippen LogP contribution is 2.49. The molecule has 3 fully saturated rings. The SMILES string of the molecule is CO[C@@H]1C[C@@H](COc2nc(N3C4CCC3CN(C(=O)OC(C)(C)C)C4)c3c4c(c(-c5c(F)ccc6sc(NC(=O)OC(C)(C)C)c(C#N)c56)c(F)c3n2)COC4)N(C)C1. The number of hydrogen-bond donors (Lipinski definition) is 1. The van der Waals surface area contributed by atoms with Crippen LogP contribution in [-0.4, -0.2) is 108 Å². The molecule has 0 saturated carbocycles. The summed E-state index contributed by atoms with van der Waals surface area (Å²) in [4.78, 5) is 41.8. The van der Waals surface area contributed by atoms with Crippen molar-refractivity contribution < 1.29 is 42.1 Å². The molecule has 59 heavy (non-hydrogen) atoms. The van der Waals surface area contributed by atoms with Gasteiger partial charge in [-0.15, -0.1) is 11.3 Å². The van der Waals surface area contributed by atoms with Crippen molar-refractivity contribution in [3.63, 3.8) is 0 Å². The Morgan fingerprint density at radius 1 is 0.983 bits per heavy atom. The minimum absolute atomic E-state index is 0.0109. The molecule has 4 atom stereocenters. The Hall–Kier alpha value is -4.89. The molecule has 314 valence electrons. The first-order valence-electron chi connectivity index (χ1n) is 19.8. The van der Waals surface area contributed by atoms with E-state index in [0.717, 1.165) is 37.1 Å². The molecule has 1 N–H and O–H groups in total. The molecule has 2 aromatic heterocycles. The number of ether oxygens (including phenoxy) is 5. The second-order valence-electron chi connectivity index (χ2n) is 17.7. The summed E-state index contributed by atoms with van der Waals surface area (Å²) in [5.41, 5.74) is -0.792. The average molecular weight is 834 g/mol. The largest absolute Gasteiger partial charge is 0.462 e. The van der Waals surface area contributed by atoms with Crippen LogP contribution in [0.1, 0.15) is 77.5 Å². The van der Waals surface area contributed by atoms with Gasteiger partial charge in [0.15, 0.2) is 5.82 Å². The quantitative estimate of drug-likeness (QED) is 0.194. The molecule has 17 heteroatoms. The van der Waals surface area contributed by atoms with Gasteiger partial charge in [-0.1, -0.05) is 0 Å². The second kappa shape index (κ2) is 15.3. The van der Waals surface area contributed by atoms with E-state index in [1.807, 2.05) is 27.8 Å². The van der Waals surface area contributed by atoms with E-state index in [0.29, 0.717) is 40.1 Å². The van der Waals surface area contributed by atoms with E-state index in [9.17, 15) is 14.9 Å². The third kappa shape index (κ3) is 7.71. The number of amides is 2. The van der Waals surface area contributed by atoms with Gasteiger partial charge in [0.1, 0.15) is 46.0 Å². The highest BCUT2D eigenvalue weighted by Gasteiger charge is 2.45. The van der Waals surface area contributed by atoms with Crippen LogP contribution >= 0.6 is 11.3 Å². The summed E-state index contributed by atoms with van der Waals surface area (Å²) in [5.74, 6) is -1.13. The third-order valence-electron chi connectivity index (χ3n) is 11.3. The standard InChI is InChI=1S/C42H49F2N7O7S/c1-41(2,3)57-39(52)48-37-25(14-45)30-29(59-37)12-11-28(43)33(30)31-26-19-55-20-27(26)32-35(34(31)44)46-38(56-18-23-13-24(54-8)17-49(23)7)47-36(32)51-21-9-10-22(51)16-50(15-21)40(53)58-42(4,5)6/h11-12,21-24H,9-10,13,15-20H2,1-8H3,(H,48,52)/t21?,22?,23-,24+/m0/s1. The number of carbonyl (C=O) groups excluding carboxylic acids is 2. The molecule has 2 unspecified atom stereocenters. The molecule has 2 bridgehead atoms. The van der Waals surface area contributed by atoms with Gasteiger partial charge >= 0.3 is 18.2 Å².